The third-order valence-electron chi connectivity index (χ3n) is 4.92. The lowest BCUT2D eigenvalue weighted by Crippen LogP contribution is -2.41. The standard InChI is InChI=1S/C20H28BNO5/c1-7-25-18(24)17(23)15-10-8-14(9-11-15)12-16(13-22-6)21-26-19(2,3)20(4,5)27-21/h8-12,22H,7,13H2,1-6H3. The monoisotopic (exact) mass is 373 g/mol. The Morgan fingerprint density at radius 1 is 1.11 bits per heavy atom. The molecule has 7 heteroatoms. The maximum atomic E-state index is 12.0. The number of carbonyl (C=O) groups is 2. The van der Waals surface area contributed by atoms with Crippen LogP contribution in [-0.4, -0.2) is 50.3 Å². The molecule has 1 aliphatic heterocycles. The first-order chi connectivity index (χ1) is 12.6. The molecule has 1 aliphatic rings. The van der Waals surface area contributed by atoms with Gasteiger partial charge in [-0.2, -0.15) is 0 Å². The number of rotatable bonds is 7. The third-order valence-corrected chi connectivity index (χ3v) is 4.92. The van der Waals surface area contributed by atoms with Crippen molar-refractivity contribution in [3.8, 4) is 0 Å². The Kier molecular flexibility index (Phi) is 6.62. The topological polar surface area (TPSA) is 73.9 Å². The van der Waals surface area contributed by atoms with Gasteiger partial charge in [0.25, 0.3) is 5.78 Å². The van der Waals surface area contributed by atoms with Gasteiger partial charge >= 0.3 is 13.1 Å². The van der Waals surface area contributed by atoms with Gasteiger partial charge < -0.3 is 19.4 Å². The van der Waals surface area contributed by atoms with Crippen LogP contribution in [0, 0.1) is 0 Å². The van der Waals surface area contributed by atoms with E-state index in [2.05, 4.69) is 5.32 Å². The highest BCUT2D eigenvalue weighted by molar-refractivity contribution is 6.56. The summed E-state index contributed by atoms with van der Waals surface area (Å²) in [6, 6.07) is 6.80. The fraction of sp³-hybridized carbons (Fsp3) is 0.500. The van der Waals surface area contributed by atoms with Crippen molar-refractivity contribution in [2.45, 2.75) is 45.8 Å². The maximum Gasteiger partial charge on any atom is 0.491 e. The number of hydrogen-bond acceptors (Lipinski definition) is 6. The molecule has 0 bridgehead atoms. The normalized spacial score (nSPS) is 18.4. The molecule has 6 nitrogen and oxygen atoms in total. The Labute approximate surface area is 161 Å². The Bertz CT molecular complexity index is 708. The molecule has 27 heavy (non-hydrogen) atoms. The van der Waals surface area contributed by atoms with E-state index in [1.165, 1.54) is 0 Å². The van der Waals surface area contributed by atoms with Crippen molar-refractivity contribution >= 4 is 24.9 Å². The summed E-state index contributed by atoms with van der Waals surface area (Å²) in [5.74, 6) is -1.48. The molecule has 0 unspecified atom stereocenters. The van der Waals surface area contributed by atoms with Gasteiger partial charge in [-0.25, -0.2) is 4.79 Å². The van der Waals surface area contributed by atoms with Crippen LogP contribution in [0.15, 0.2) is 29.7 Å². The molecule has 146 valence electrons. The molecular weight excluding hydrogens is 345 g/mol. The van der Waals surface area contributed by atoms with E-state index in [0.717, 1.165) is 11.0 Å². The Morgan fingerprint density at radius 2 is 1.67 bits per heavy atom. The van der Waals surface area contributed by atoms with Gasteiger partial charge in [0.05, 0.1) is 17.8 Å². The van der Waals surface area contributed by atoms with Gasteiger partial charge in [-0.1, -0.05) is 30.3 Å². The second-order valence-electron chi connectivity index (χ2n) is 7.51. The van der Waals surface area contributed by atoms with Crippen LogP contribution in [0.1, 0.15) is 50.5 Å². The number of nitrogens with one attached hydrogen (secondary N) is 1. The zero-order valence-corrected chi connectivity index (χ0v) is 16.9. The van der Waals surface area contributed by atoms with Crippen molar-refractivity contribution in [2.75, 3.05) is 20.2 Å². The van der Waals surface area contributed by atoms with Crippen LogP contribution in [0.3, 0.4) is 0 Å². The minimum Gasteiger partial charge on any atom is -0.460 e. The lowest BCUT2D eigenvalue weighted by molar-refractivity contribution is -0.137. The Balaban J connectivity index is 2.21. The number of carbonyl (C=O) groups excluding carboxylic acids is 2. The molecule has 1 N–H and O–H groups in total. The first-order valence-electron chi connectivity index (χ1n) is 9.13. The third kappa shape index (κ3) is 4.86. The lowest BCUT2D eigenvalue weighted by Gasteiger charge is -2.32. The summed E-state index contributed by atoms with van der Waals surface area (Å²) in [6.45, 7) is 10.5. The molecule has 0 saturated carbocycles. The van der Waals surface area contributed by atoms with Crippen LogP contribution >= 0.6 is 0 Å². The fourth-order valence-corrected chi connectivity index (χ4v) is 2.66. The minimum atomic E-state index is -0.839. The number of ketones is 1. The number of hydrogen-bond donors (Lipinski definition) is 1. The van der Waals surface area contributed by atoms with E-state index < -0.39 is 30.1 Å². The molecule has 0 spiro atoms. The van der Waals surface area contributed by atoms with Crippen molar-refractivity contribution in [2.24, 2.45) is 0 Å². The van der Waals surface area contributed by atoms with Crippen LogP contribution in [0.25, 0.3) is 6.08 Å². The molecule has 1 fully saturated rings. The van der Waals surface area contributed by atoms with Gasteiger partial charge in [0.1, 0.15) is 0 Å². The van der Waals surface area contributed by atoms with Crippen molar-refractivity contribution in [3.63, 3.8) is 0 Å². The van der Waals surface area contributed by atoms with Gasteiger partial charge in [-0.05, 0) is 52.7 Å². The predicted octanol–water partition coefficient (Wildman–Crippen LogP) is 2.67. The van der Waals surface area contributed by atoms with Crippen LogP contribution < -0.4 is 5.32 Å². The van der Waals surface area contributed by atoms with Crippen molar-refractivity contribution in [1.82, 2.24) is 5.32 Å². The van der Waals surface area contributed by atoms with Crippen molar-refractivity contribution in [1.29, 1.82) is 0 Å². The van der Waals surface area contributed by atoms with E-state index in [0.29, 0.717) is 12.1 Å². The number of Topliss-reactive ketones (excluding diaryl/α,β-unsaturated/α-hetero) is 1. The molecule has 0 amide bonds. The molecule has 1 aromatic rings. The Hall–Kier alpha value is -1.96. The summed E-state index contributed by atoms with van der Waals surface area (Å²) in [6.07, 6.45) is 1.97. The molecule has 0 radical (unpaired) electrons. The van der Waals surface area contributed by atoms with Crippen molar-refractivity contribution in [3.05, 3.63) is 40.9 Å². The largest absolute Gasteiger partial charge is 0.491 e. The fourth-order valence-electron chi connectivity index (χ4n) is 2.66. The van der Waals surface area contributed by atoms with Gasteiger partial charge in [-0.15, -0.1) is 0 Å². The zero-order chi connectivity index (χ0) is 20.2. The Morgan fingerprint density at radius 3 is 2.15 bits per heavy atom. The van der Waals surface area contributed by atoms with Gasteiger partial charge in [0, 0.05) is 12.1 Å². The molecule has 0 aromatic heterocycles. The van der Waals surface area contributed by atoms with Crippen LogP contribution in [0.2, 0.25) is 0 Å². The number of likely N-dealkylation sites (N-methyl/N-ethyl adjacent to an activating group) is 1. The second kappa shape index (κ2) is 8.38. The highest BCUT2D eigenvalue weighted by Gasteiger charge is 2.52. The average Bonchev–Trinajstić information content (AvgIpc) is 2.82. The minimum absolute atomic E-state index is 0.173. The molecular formula is C20H28BNO5. The number of ether oxygens (including phenoxy) is 1. The predicted molar refractivity (Wildman–Crippen MR) is 105 cm³/mol. The maximum absolute atomic E-state index is 12.0. The van der Waals surface area contributed by atoms with Crippen LogP contribution in [0.4, 0.5) is 0 Å². The van der Waals surface area contributed by atoms with E-state index in [1.807, 2.05) is 40.8 Å². The second-order valence-corrected chi connectivity index (χ2v) is 7.51. The van der Waals surface area contributed by atoms with Gasteiger partial charge in [-0.3, -0.25) is 4.79 Å². The highest BCUT2D eigenvalue weighted by Crippen LogP contribution is 2.38. The summed E-state index contributed by atoms with van der Waals surface area (Å²) in [7, 11) is 1.41. The molecule has 0 aliphatic carbocycles. The number of esters is 1. The van der Waals surface area contributed by atoms with Gasteiger partial charge in [0.15, 0.2) is 0 Å². The first-order valence-corrected chi connectivity index (χ1v) is 9.13. The van der Waals surface area contributed by atoms with E-state index in [1.54, 1.807) is 31.2 Å². The zero-order valence-electron chi connectivity index (χ0n) is 16.9. The van der Waals surface area contributed by atoms with E-state index in [9.17, 15) is 9.59 Å². The lowest BCUT2D eigenvalue weighted by atomic mass is 9.77. The molecule has 1 saturated heterocycles. The summed E-state index contributed by atoms with van der Waals surface area (Å²) in [4.78, 5) is 23.5. The summed E-state index contributed by atoms with van der Waals surface area (Å²) in [5.41, 5.74) is 1.30. The molecule has 0 atom stereocenters. The molecule has 2 rings (SSSR count). The van der Waals surface area contributed by atoms with Crippen LogP contribution in [-0.2, 0) is 18.8 Å². The quantitative estimate of drug-likeness (QED) is 0.343. The van der Waals surface area contributed by atoms with Crippen molar-refractivity contribution < 1.29 is 23.6 Å². The first kappa shape index (κ1) is 21.3. The van der Waals surface area contributed by atoms with E-state index in [-0.39, 0.29) is 6.61 Å². The summed E-state index contributed by atoms with van der Waals surface area (Å²) < 4.78 is 17.0. The van der Waals surface area contributed by atoms with E-state index >= 15 is 0 Å². The van der Waals surface area contributed by atoms with Gasteiger partial charge in [0.2, 0.25) is 0 Å². The SMILES string of the molecule is CCOC(=O)C(=O)c1ccc(C=C(CNC)B2OC(C)(C)C(C)(C)O2)cc1. The summed E-state index contributed by atoms with van der Waals surface area (Å²) in [5, 5.41) is 3.13. The molecule has 1 aromatic carbocycles. The van der Waals surface area contributed by atoms with Crippen LogP contribution in [0.5, 0.6) is 0 Å². The van der Waals surface area contributed by atoms with E-state index in [4.69, 9.17) is 14.0 Å². The highest BCUT2D eigenvalue weighted by atomic mass is 16.7. The number of benzene rings is 1. The average molecular weight is 373 g/mol. The smallest absolute Gasteiger partial charge is 0.460 e. The molecule has 1 heterocycles. The summed E-state index contributed by atoms with van der Waals surface area (Å²) >= 11 is 0.